The lowest BCUT2D eigenvalue weighted by atomic mass is 10.4. The first-order valence-corrected chi connectivity index (χ1v) is 7.89. The lowest BCUT2D eigenvalue weighted by Gasteiger charge is -2.22. The predicted molar refractivity (Wildman–Crippen MR) is 104 cm³/mol. The second-order valence-corrected chi connectivity index (χ2v) is 6.09. The van der Waals surface area contributed by atoms with Gasteiger partial charge in [0.15, 0.2) is 5.96 Å². The maximum atomic E-state index is 11.5. The van der Waals surface area contributed by atoms with E-state index in [4.69, 9.17) is 11.6 Å². The van der Waals surface area contributed by atoms with Gasteiger partial charge in [-0.1, -0.05) is 11.6 Å². The zero-order valence-electron chi connectivity index (χ0n) is 13.8. The summed E-state index contributed by atoms with van der Waals surface area (Å²) >= 11 is 6.00. The van der Waals surface area contributed by atoms with Gasteiger partial charge >= 0.3 is 0 Å². The smallest absolute Gasteiger partial charge is 0.223 e. The summed E-state index contributed by atoms with van der Waals surface area (Å²) in [6.07, 6.45) is 3.94. The fourth-order valence-corrected chi connectivity index (χ4v) is 2.55. The van der Waals surface area contributed by atoms with Crippen molar-refractivity contribution < 1.29 is 4.79 Å². The van der Waals surface area contributed by atoms with Crippen LogP contribution in [0.2, 0.25) is 5.02 Å². The number of carbonyl (C=O) groups excluding carboxylic acids is 1. The Kier molecular flexibility index (Phi) is 8.18. The van der Waals surface area contributed by atoms with Gasteiger partial charge in [0.25, 0.3) is 0 Å². The summed E-state index contributed by atoms with van der Waals surface area (Å²) in [5, 5.41) is 6.91. The van der Waals surface area contributed by atoms with Gasteiger partial charge in [-0.3, -0.25) is 9.79 Å². The lowest BCUT2D eigenvalue weighted by molar-refractivity contribution is -0.122. The third kappa shape index (κ3) is 6.21. The van der Waals surface area contributed by atoms with Crippen LogP contribution in [0.3, 0.4) is 0 Å². The highest BCUT2D eigenvalue weighted by Crippen LogP contribution is 2.28. The SMILES string of the molecule is CN=C(NCCNC(=O)C1CC1)N(C)Cc1cc(Cl)cn1C.I. The number of hydrogen-bond acceptors (Lipinski definition) is 2. The van der Waals surface area contributed by atoms with E-state index in [0.717, 1.165) is 29.5 Å². The zero-order valence-corrected chi connectivity index (χ0v) is 16.9. The minimum Gasteiger partial charge on any atom is -0.354 e. The Labute approximate surface area is 159 Å². The fraction of sp³-hybridized carbons (Fsp3) is 0.600. The number of nitrogens with zero attached hydrogens (tertiary/aromatic N) is 3. The predicted octanol–water partition coefficient (Wildman–Crippen LogP) is 1.83. The minimum atomic E-state index is 0. The van der Waals surface area contributed by atoms with Crippen LogP contribution in [0.15, 0.2) is 17.3 Å². The molecule has 1 aliphatic rings. The molecule has 8 heteroatoms. The molecule has 1 saturated carbocycles. The third-order valence-electron chi connectivity index (χ3n) is 3.70. The maximum Gasteiger partial charge on any atom is 0.223 e. The molecule has 0 aliphatic heterocycles. The van der Waals surface area contributed by atoms with Crippen LogP contribution >= 0.6 is 35.6 Å². The Balaban J connectivity index is 0.00000264. The lowest BCUT2D eigenvalue weighted by Crippen LogP contribution is -2.42. The largest absolute Gasteiger partial charge is 0.354 e. The third-order valence-corrected chi connectivity index (χ3v) is 3.91. The number of aliphatic imine (C=N–C) groups is 1. The van der Waals surface area contributed by atoms with E-state index in [1.165, 1.54) is 0 Å². The first kappa shape index (κ1) is 20.1. The monoisotopic (exact) mass is 453 g/mol. The Hall–Kier alpha value is -0.960. The van der Waals surface area contributed by atoms with Crippen molar-refractivity contribution in [2.45, 2.75) is 19.4 Å². The molecule has 1 aliphatic carbocycles. The molecule has 0 radical (unpaired) electrons. The van der Waals surface area contributed by atoms with E-state index in [1.54, 1.807) is 7.05 Å². The molecule has 2 rings (SSSR count). The molecule has 6 nitrogen and oxygen atoms in total. The van der Waals surface area contributed by atoms with E-state index < -0.39 is 0 Å². The van der Waals surface area contributed by atoms with Crippen LogP contribution in [0.25, 0.3) is 0 Å². The van der Waals surface area contributed by atoms with Crippen molar-refractivity contribution in [3.05, 3.63) is 23.0 Å². The Bertz CT molecular complexity index is 556. The van der Waals surface area contributed by atoms with Crippen molar-refractivity contribution in [3.63, 3.8) is 0 Å². The maximum absolute atomic E-state index is 11.5. The first-order chi connectivity index (χ1) is 10.5. The molecule has 130 valence electrons. The summed E-state index contributed by atoms with van der Waals surface area (Å²) in [5.41, 5.74) is 1.11. The quantitative estimate of drug-likeness (QED) is 0.299. The second-order valence-electron chi connectivity index (χ2n) is 5.66. The molecule has 2 N–H and O–H groups in total. The number of amides is 1. The topological polar surface area (TPSA) is 61.7 Å². The summed E-state index contributed by atoms with van der Waals surface area (Å²) in [4.78, 5) is 17.8. The standard InChI is InChI=1S/C15H24ClN5O.HI/c1-17-15(19-7-6-18-14(22)11-4-5-11)21(3)10-13-8-12(16)9-20(13)2;/h8-9,11H,4-7,10H2,1-3H3,(H,17,19)(H,18,22);1H. The van der Waals surface area contributed by atoms with Crippen LogP contribution in [0, 0.1) is 5.92 Å². The van der Waals surface area contributed by atoms with Crippen LogP contribution in [0.1, 0.15) is 18.5 Å². The van der Waals surface area contributed by atoms with Crippen molar-refractivity contribution in [2.24, 2.45) is 18.0 Å². The van der Waals surface area contributed by atoms with Crippen LogP contribution in [0.5, 0.6) is 0 Å². The summed E-state index contributed by atoms with van der Waals surface area (Å²) < 4.78 is 2.00. The van der Waals surface area contributed by atoms with Crippen LogP contribution in [-0.4, -0.2) is 48.5 Å². The van der Waals surface area contributed by atoms with Crippen LogP contribution < -0.4 is 10.6 Å². The number of nitrogens with one attached hydrogen (secondary N) is 2. The fourth-order valence-electron chi connectivity index (χ4n) is 2.28. The van der Waals surface area contributed by atoms with Crippen LogP contribution in [0.4, 0.5) is 0 Å². The molecule has 0 atom stereocenters. The molecule has 1 aromatic heterocycles. The number of guanidine groups is 1. The van der Waals surface area contributed by atoms with Gasteiger partial charge in [-0.15, -0.1) is 24.0 Å². The molecule has 1 aromatic rings. The molecule has 23 heavy (non-hydrogen) atoms. The molecular weight excluding hydrogens is 429 g/mol. The minimum absolute atomic E-state index is 0. The molecule has 1 fully saturated rings. The number of aryl methyl sites for hydroxylation is 1. The molecule has 1 amide bonds. The van der Waals surface area contributed by atoms with Crippen molar-refractivity contribution in [2.75, 3.05) is 27.2 Å². The van der Waals surface area contributed by atoms with E-state index in [0.29, 0.717) is 19.6 Å². The van der Waals surface area contributed by atoms with Gasteiger partial charge in [0, 0.05) is 52.0 Å². The van der Waals surface area contributed by atoms with E-state index in [2.05, 4.69) is 15.6 Å². The number of halogens is 2. The van der Waals surface area contributed by atoms with E-state index >= 15 is 0 Å². The van der Waals surface area contributed by atoms with E-state index in [1.807, 2.05) is 35.8 Å². The van der Waals surface area contributed by atoms with E-state index in [9.17, 15) is 4.79 Å². The molecule has 0 unspecified atom stereocenters. The van der Waals surface area contributed by atoms with Gasteiger partial charge in [-0.2, -0.15) is 0 Å². The molecule has 0 saturated heterocycles. The molecule has 0 aromatic carbocycles. The van der Waals surface area contributed by atoms with Crippen molar-refractivity contribution in [1.29, 1.82) is 0 Å². The van der Waals surface area contributed by atoms with Gasteiger partial charge < -0.3 is 20.1 Å². The van der Waals surface area contributed by atoms with Gasteiger partial charge in [0.05, 0.1) is 11.6 Å². The van der Waals surface area contributed by atoms with Gasteiger partial charge in [-0.05, 0) is 18.9 Å². The summed E-state index contributed by atoms with van der Waals surface area (Å²) in [6.45, 7) is 1.97. The van der Waals surface area contributed by atoms with Gasteiger partial charge in [0.1, 0.15) is 0 Å². The normalized spacial score (nSPS) is 14.2. The number of hydrogen-bond donors (Lipinski definition) is 2. The van der Waals surface area contributed by atoms with Crippen molar-refractivity contribution in [3.8, 4) is 0 Å². The highest BCUT2D eigenvalue weighted by atomic mass is 127. The summed E-state index contributed by atoms with van der Waals surface area (Å²) in [5.74, 6) is 1.21. The zero-order chi connectivity index (χ0) is 16.1. The summed E-state index contributed by atoms with van der Waals surface area (Å²) in [7, 11) is 5.69. The average Bonchev–Trinajstić information content (AvgIpc) is 3.26. The average molecular weight is 454 g/mol. The Morgan fingerprint density at radius 1 is 1.43 bits per heavy atom. The number of carbonyl (C=O) groups is 1. The van der Waals surface area contributed by atoms with Crippen molar-refractivity contribution >= 4 is 47.4 Å². The Morgan fingerprint density at radius 3 is 2.61 bits per heavy atom. The summed E-state index contributed by atoms with van der Waals surface area (Å²) in [6, 6.07) is 1.95. The first-order valence-electron chi connectivity index (χ1n) is 7.51. The van der Waals surface area contributed by atoms with Gasteiger partial charge in [-0.25, -0.2) is 0 Å². The van der Waals surface area contributed by atoms with Crippen LogP contribution in [-0.2, 0) is 18.4 Å². The van der Waals surface area contributed by atoms with Gasteiger partial charge in [0.2, 0.25) is 5.91 Å². The molecule has 0 bridgehead atoms. The van der Waals surface area contributed by atoms with Crippen molar-refractivity contribution in [1.82, 2.24) is 20.1 Å². The molecule has 0 spiro atoms. The Morgan fingerprint density at radius 2 is 2.09 bits per heavy atom. The molecule has 1 heterocycles. The number of aromatic nitrogens is 1. The van der Waals surface area contributed by atoms with E-state index in [-0.39, 0.29) is 35.8 Å². The second kappa shape index (κ2) is 9.36. The highest BCUT2D eigenvalue weighted by Gasteiger charge is 2.28. The highest BCUT2D eigenvalue weighted by molar-refractivity contribution is 14.0. The number of rotatable bonds is 6. The molecular formula is C15H25ClIN5O.